The molecule has 252 valence electrons. The lowest BCUT2D eigenvalue weighted by molar-refractivity contribution is 1.24. The van der Waals surface area contributed by atoms with E-state index in [0.717, 1.165) is 82.7 Å². The Balaban J connectivity index is 0.969. The molecule has 4 nitrogen and oxygen atoms in total. The van der Waals surface area contributed by atoms with Crippen molar-refractivity contribution in [1.29, 1.82) is 0 Å². The van der Waals surface area contributed by atoms with Gasteiger partial charge in [-0.15, -0.1) is 22.7 Å². The van der Waals surface area contributed by atoms with Crippen LogP contribution in [-0.4, -0.2) is 19.9 Å². The van der Waals surface area contributed by atoms with E-state index >= 15 is 0 Å². The number of aromatic nitrogens is 4. The van der Waals surface area contributed by atoms with Gasteiger partial charge in [0, 0.05) is 60.0 Å². The van der Waals surface area contributed by atoms with Gasteiger partial charge in [-0.1, -0.05) is 127 Å². The molecule has 0 saturated heterocycles. The Labute approximate surface area is 318 Å². The summed E-state index contributed by atoms with van der Waals surface area (Å²) in [6.07, 6.45) is 3.77. The molecule has 0 atom stereocenters. The number of rotatable bonds is 5. The van der Waals surface area contributed by atoms with Gasteiger partial charge in [0.25, 0.3) is 0 Å². The molecular weight excluding hydrogens is 697 g/mol. The van der Waals surface area contributed by atoms with E-state index in [0.29, 0.717) is 0 Å². The van der Waals surface area contributed by atoms with Crippen LogP contribution in [0.25, 0.3) is 108 Å². The maximum atomic E-state index is 5.21. The fourth-order valence-corrected chi connectivity index (χ4v) is 9.95. The van der Waals surface area contributed by atoms with Gasteiger partial charge in [-0.25, -0.2) is 15.0 Å². The highest BCUT2D eigenvalue weighted by atomic mass is 32.1. The summed E-state index contributed by atoms with van der Waals surface area (Å²) in [7, 11) is 0. The van der Waals surface area contributed by atoms with Crippen molar-refractivity contribution >= 4 is 74.1 Å². The highest BCUT2D eigenvalue weighted by molar-refractivity contribution is 7.26. The molecule has 0 N–H and O–H groups in total. The van der Waals surface area contributed by atoms with Crippen molar-refractivity contribution in [3.05, 3.63) is 170 Å². The summed E-state index contributed by atoms with van der Waals surface area (Å²) in [5, 5.41) is 4.73. The normalized spacial score (nSPS) is 11.7. The van der Waals surface area contributed by atoms with E-state index in [1.54, 1.807) is 22.7 Å². The van der Waals surface area contributed by atoms with Gasteiger partial charge in [0.05, 0.1) is 31.8 Å². The van der Waals surface area contributed by atoms with Gasteiger partial charge in [-0.2, -0.15) is 0 Å². The van der Waals surface area contributed by atoms with Crippen LogP contribution in [0.2, 0.25) is 0 Å². The van der Waals surface area contributed by atoms with Crippen LogP contribution in [0, 0.1) is 0 Å². The molecule has 6 aromatic carbocycles. The van der Waals surface area contributed by atoms with Crippen LogP contribution < -0.4 is 0 Å². The molecule has 5 aromatic heterocycles. The van der Waals surface area contributed by atoms with Crippen LogP contribution in [0.5, 0.6) is 0 Å². The topological polar surface area (TPSA) is 51.6 Å². The molecular formula is C48H28N4S2. The Morgan fingerprint density at radius 3 is 1.78 bits per heavy atom. The summed E-state index contributed by atoms with van der Waals surface area (Å²) in [5.41, 5.74) is 11.7. The number of hydrogen-bond acceptors (Lipinski definition) is 6. The van der Waals surface area contributed by atoms with Crippen LogP contribution in [0.4, 0.5) is 0 Å². The number of hydrogen-bond donors (Lipinski definition) is 0. The van der Waals surface area contributed by atoms with Gasteiger partial charge in [0.2, 0.25) is 0 Å². The minimum atomic E-state index is 0.730. The molecule has 0 unspecified atom stereocenters. The molecule has 0 aliphatic rings. The summed E-state index contributed by atoms with van der Waals surface area (Å²) < 4.78 is 4.78. The fraction of sp³-hybridized carbons (Fsp3) is 0. The zero-order chi connectivity index (χ0) is 35.6. The predicted molar refractivity (Wildman–Crippen MR) is 228 cm³/mol. The number of nitrogens with zero attached hydrogens (tertiary/aromatic N) is 4. The van der Waals surface area contributed by atoms with Gasteiger partial charge in [0.1, 0.15) is 0 Å². The van der Waals surface area contributed by atoms with Crippen LogP contribution in [0.15, 0.2) is 170 Å². The van der Waals surface area contributed by atoms with E-state index in [-0.39, 0.29) is 0 Å². The second-order valence-electron chi connectivity index (χ2n) is 13.4. The van der Waals surface area contributed by atoms with Crippen molar-refractivity contribution in [3.63, 3.8) is 0 Å². The van der Waals surface area contributed by atoms with Crippen molar-refractivity contribution < 1.29 is 0 Å². The Morgan fingerprint density at radius 1 is 0.389 bits per heavy atom. The zero-order valence-corrected chi connectivity index (χ0v) is 30.4. The third-order valence-corrected chi connectivity index (χ3v) is 12.5. The van der Waals surface area contributed by atoms with Gasteiger partial charge < -0.3 is 0 Å². The van der Waals surface area contributed by atoms with Crippen LogP contribution >= 0.6 is 22.7 Å². The quantitative estimate of drug-likeness (QED) is 0.177. The number of pyridine rings is 2. The third kappa shape index (κ3) is 5.11. The van der Waals surface area contributed by atoms with E-state index in [1.807, 2.05) is 24.5 Å². The molecule has 0 radical (unpaired) electrons. The minimum absolute atomic E-state index is 0.730. The molecule has 5 heterocycles. The third-order valence-electron chi connectivity index (χ3n) is 10.2. The first-order valence-corrected chi connectivity index (χ1v) is 19.5. The Hall–Kier alpha value is -6.60. The van der Waals surface area contributed by atoms with Crippen molar-refractivity contribution in [3.8, 4) is 56.2 Å². The first kappa shape index (κ1) is 31.0. The molecule has 11 aromatic rings. The SMILES string of the molecule is c1ccc(-c2nc(-c3ccc(-c4cccc(-c5cccc(-c6nc7ccncc7c7c6sc6ccccc67)c5)c4)cc3)nc3c2sc2ccccc23)cc1. The van der Waals surface area contributed by atoms with Crippen LogP contribution in [0.1, 0.15) is 0 Å². The Kier molecular flexibility index (Phi) is 7.18. The first-order chi connectivity index (χ1) is 26.7. The van der Waals surface area contributed by atoms with Gasteiger partial charge in [-0.05, 0) is 52.6 Å². The predicted octanol–water partition coefficient (Wildman–Crippen LogP) is 13.5. The van der Waals surface area contributed by atoms with Crippen molar-refractivity contribution in [2.75, 3.05) is 0 Å². The molecule has 0 amide bonds. The molecule has 0 aliphatic carbocycles. The van der Waals surface area contributed by atoms with Crippen molar-refractivity contribution in [1.82, 2.24) is 19.9 Å². The fourth-order valence-electron chi connectivity index (χ4n) is 7.57. The van der Waals surface area contributed by atoms with Gasteiger partial charge >= 0.3 is 0 Å². The highest BCUT2D eigenvalue weighted by Crippen LogP contribution is 2.43. The molecule has 0 aliphatic heterocycles. The molecule has 0 fully saturated rings. The van der Waals surface area contributed by atoms with E-state index in [2.05, 4.69) is 151 Å². The number of thiophene rings is 2. The van der Waals surface area contributed by atoms with E-state index in [9.17, 15) is 0 Å². The maximum Gasteiger partial charge on any atom is 0.160 e. The van der Waals surface area contributed by atoms with E-state index in [4.69, 9.17) is 15.0 Å². The summed E-state index contributed by atoms with van der Waals surface area (Å²) in [5.74, 6) is 0.730. The zero-order valence-electron chi connectivity index (χ0n) is 28.8. The highest BCUT2D eigenvalue weighted by Gasteiger charge is 2.18. The summed E-state index contributed by atoms with van der Waals surface area (Å²) in [6, 6.07) is 55.7. The van der Waals surface area contributed by atoms with Crippen molar-refractivity contribution in [2.45, 2.75) is 0 Å². The summed E-state index contributed by atoms with van der Waals surface area (Å²) in [6.45, 7) is 0. The second-order valence-corrected chi connectivity index (χ2v) is 15.5. The van der Waals surface area contributed by atoms with Gasteiger partial charge in [0.15, 0.2) is 5.82 Å². The average molecular weight is 725 g/mol. The standard InChI is InChI=1S/C48H28N4S2/c1-2-10-30(11-3-1)43-47-45(37-17-5-7-19-41(37)54-47)52-48(51-43)31-22-20-29(21-23-31)32-12-8-13-33(26-32)34-14-9-15-35(27-34)44-46-42(36-16-4-6-18-40(36)53-46)38-28-49-25-24-39(38)50-44/h1-28H. The minimum Gasteiger partial charge on any atom is -0.264 e. The Bertz CT molecular complexity index is 3220. The van der Waals surface area contributed by atoms with Crippen molar-refractivity contribution in [2.24, 2.45) is 0 Å². The lowest BCUT2D eigenvalue weighted by Gasteiger charge is -2.11. The summed E-state index contributed by atoms with van der Waals surface area (Å²) >= 11 is 3.56. The molecule has 0 bridgehead atoms. The second kappa shape index (κ2) is 12.5. The van der Waals surface area contributed by atoms with Gasteiger partial charge in [-0.3, -0.25) is 4.98 Å². The van der Waals surface area contributed by atoms with Crippen LogP contribution in [-0.2, 0) is 0 Å². The van der Waals surface area contributed by atoms with E-state index < -0.39 is 0 Å². The lowest BCUT2D eigenvalue weighted by atomic mass is 9.96. The number of fused-ring (bicyclic) bond motifs is 8. The monoisotopic (exact) mass is 724 g/mol. The smallest absolute Gasteiger partial charge is 0.160 e. The Morgan fingerprint density at radius 2 is 0.981 bits per heavy atom. The van der Waals surface area contributed by atoms with Crippen LogP contribution in [0.3, 0.4) is 0 Å². The molecule has 6 heteroatoms. The number of benzene rings is 6. The maximum absolute atomic E-state index is 5.21. The first-order valence-electron chi connectivity index (χ1n) is 17.9. The average Bonchev–Trinajstić information content (AvgIpc) is 3.83. The lowest BCUT2D eigenvalue weighted by Crippen LogP contribution is -1.93. The molecule has 0 saturated carbocycles. The molecule has 0 spiro atoms. The van der Waals surface area contributed by atoms with E-state index in [1.165, 1.54) is 24.9 Å². The molecule has 11 rings (SSSR count). The largest absolute Gasteiger partial charge is 0.264 e. The summed E-state index contributed by atoms with van der Waals surface area (Å²) in [4.78, 5) is 20.0. The molecule has 54 heavy (non-hydrogen) atoms.